The summed E-state index contributed by atoms with van der Waals surface area (Å²) >= 11 is 0. The molecule has 0 bridgehead atoms. The van der Waals surface area contributed by atoms with Gasteiger partial charge in [-0.15, -0.1) is 0 Å². The predicted octanol–water partition coefficient (Wildman–Crippen LogP) is 2.71. The average molecular weight is 206 g/mol. The Bertz CT molecular complexity index is 279. The van der Waals surface area contributed by atoms with Crippen LogP contribution in [0.5, 0.6) is 0 Å². The van der Waals surface area contributed by atoms with Gasteiger partial charge in [0.1, 0.15) is 0 Å². The molecule has 0 unspecified atom stereocenters. The lowest BCUT2D eigenvalue weighted by molar-refractivity contribution is 0.441. The smallest absolute Gasteiger partial charge is 0.0355 e. The van der Waals surface area contributed by atoms with Gasteiger partial charge in [-0.25, -0.2) is 0 Å². The molecule has 1 aliphatic carbocycles. The molecule has 0 aromatic carbocycles. The Morgan fingerprint density at radius 2 is 2.13 bits per heavy atom. The number of allylic oxidation sites excluding steroid dienone is 3. The van der Waals surface area contributed by atoms with Crippen molar-refractivity contribution in [2.24, 2.45) is 0 Å². The molecular weight excluding hydrogens is 184 g/mol. The quantitative estimate of drug-likeness (QED) is 0.739. The third kappa shape index (κ3) is 5.43. The van der Waals surface area contributed by atoms with Crippen molar-refractivity contribution >= 4 is 0 Å². The Balaban J connectivity index is 2.30. The van der Waals surface area contributed by atoms with Crippen LogP contribution in [-0.2, 0) is 0 Å². The molecule has 1 rings (SSSR count). The van der Waals surface area contributed by atoms with E-state index in [-0.39, 0.29) is 5.54 Å². The third-order valence-corrected chi connectivity index (χ3v) is 2.15. The molecule has 84 valence electrons. The van der Waals surface area contributed by atoms with Crippen LogP contribution in [0.1, 0.15) is 33.6 Å². The first-order valence-electron chi connectivity index (χ1n) is 5.54. The van der Waals surface area contributed by atoms with Crippen molar-refractivity contribution in [3.05, 3.63) is 36.2 Å². The lowest BCUT2D eigenvalue weighted by Gasteiger charge is -2.22. The van der Waals surface area contributed by atoms with E-state index in [4.69, 9.17) is 0 Å². The highest BCUT2D eigenvalue weighted by Crippen LogP contribution is 2.08. The van der Waals surface area contributed by atoms with Crippen LogP contribution in [0.2, 0.25) is 0 Å². The minimum Gasteiger partial charge on any atom is -0.359 e. The highest BCUT2D eigenvalue weighted by atomic mass is 15.0. The van der Waals surface area contributed by atoms with Gasteiger partial charge in [0.15, 0.2) is 0 Å². The van der Waals surface area contributed by atoms with Crippen molar-refractivity contribution in [2.75, 3.05) is 6.54 Å². The minimum atomic E-state index is 0.140. The van der Waals surface area contributed by atoms with Crippen LogP contribution in [0.25, 0.3) is 0 Å². The molecule has 0 saturated heterocycles. The van der Waals surface area contributed by atoms with E-state index in [0.717, 1.165) is 25.1 Å². The SMILES string of the molecule is C=C(CNC(C)(C)C)NC1=CCCC=C1. The maximum atomic E-state index is 4.00. The van der Waals surface area contributed by atoms with Crippen LogP contribution < -0.4 is 10.6 Å². The van der Waals surface area contributed by atoms with Crippen LogP contribution in [0.3, 0.4) is 0 Å². The summed E-state index contributed by atoms with van der Waals surface area (Å²) in [6.07, 6.45) is 8.79. The van der Waals surface area contributed by atoms with Crippen LogP contribution in [0, 0.1) is 0 Å². The number of hydrogen-bond donors (Lipinski definition) is 2. The van der Waals surface area contributed by atoms with E-state index in [1.807, 2.05) is 0 Å². The molecular formula is C13H22N2. The Morgan fingerprint density at radius 3 is 2.67 bits per heavy atom. The second kappa shape index (κ2) is 5.17. The van der Waals surface area contributed by atoms with Crippen LogP contribution in [0.4, 0.5) is 0 Å². The molecule has 0 aromatic heterocycles. The predicted molar refractivity (Wildman–Crippen MR) is 66.5 cm³/mol. The van der Waals surface area contributed by atoms with Crippen LogP contribution >= 0.6 is 0 Å². The lowest BCUT2D eigenvalue weighted by atomic mass is 10.1. The summed E-state index contributed by atoms with van der Waals surface area (Å²) in [6, 6.07) is 0. The fourth-order valence-corrected chi connectivity index (χ4v) is 1.33. The Kier molecular flexibility index (Phi) is 4.15. The van der Waals surface area contributed by atoms with Gasteiger partial charge in [0.25, 0.3) is 0 Å². The summed E-state index contributed by atoms with van der Waals surface area (Å²) in [6.45, 7) is 11.3. The van der Waals surface area contributed by atoms with E-state index in [0.29, 0.717) is 0 Å². The molecule has 0 saturated carbocycles. The number of hydrogen-bond acceptors (Lipinski definition) is 2. The summed E-state index contributed by atoms with van der Waals surface area (Å²) in [7, 11) is 0. The first-order valence-corrected chi connectivity index (χ1v) is 5.54. The monoisotopic (exact) mass is 206 g/mol. The molecule has 15 heavy (non-hydrogen) atoms. The highest BCUT2D eigenvalue weighted by molar-refractivity contribution is 5.24. The van der Waals surface area contributed by atoms with Gasteiger partial charge >= 0.3 is 0 Å². The van der Waals surface area contributed by atoms with Gasteiger partial charge in [0.05, 0.1) is 0 Å². The van der Waals surface area contributed by atoms with Gasteiger partial charge in [0, 0.05) is 23.5 Å². The molecule has 0 amide bonds. The Hall–Kier alpha value is -1.02. The molecule has 1 aliphatic rings. The molecule has 2 N–H and O–H groups in total. The van der Waals surface area contributed by atoms with Crippen molar-refractivity contribution in [1.29, 1.82) is 0 Å². The fourth-order valence-electron chi connectivity index (χ4n) is 1.33. The summed E-state index contributed by atoms with van der Waals surface area (Å²) in [5.74, 6) is 0. The fraction of sp³-hybridized carbons (Fsp3) is 0.538. The van der Waals surface area contributed by atoms with Gasteiger partial charge in [-0.2, -0.15) is 0 Å². The Morgan fingerprint density at radius 1 is 1.40 bits per heavy atom. The normalized spacial score (nSPS) is 16.1. The average Bonchev–Trinajstić information content (AvgIpc) is 2.15. The molecule has 2 nitrogen and oxygen atoms in total. The van der Waals surface area contributed by atoms with E-state index in [2.05, 4.69) is 56.2 Å². The van der Waals surface area contributed by atoms with Gasteiger partial charge in [-0.3, -0.25) is 0 Å². The minimum absolute atomic E-state index is 0.140. The van der Waals surface area contributed by atoms with Gasteiger partial charge in [-0.1, -0.05) is 18.7 Å². The van der Waals surface area contributed by atoms with E-state index < -0.39 is 0 Å². The van der Waals surface area contributed by atoms with Gasteiger partial charge in [0.2, 0.25) is 0 Å². The van der Waals surface area contributed by atoms with Crippen molar-refractivity contribution in [2.45, 2.75) is 39.2 Å². The van der Waals surface area contributed by atoms with E-state index in [9.17, 15) is 0 Å². The van der Waals surface area contributed by atoms with Crippen molar-refractivity contribution in [3.63, 3.8) is 0 Å². The first-order chi connectivity index (χ1) is 6.97. The van der Waals surface area contributed by atoms with Gasteiger partial charge in [-0.05, 0) is 39.7 Å². The molecule has 0 aliphatic heterocycles. The molecule has 0 fully saturated rings. The van der Waals surface area contributed by atoms with E-state index in [1.165, 1.54) is 5.70 Å². The van der Waals surface area contributed by atoms with Crippen molar-refractivity contribution in [1.82, 2.24) is 10.6 Å². The van der Waals surface area contributed by atoms with Crippen molar-refractivity contribution < 1.29 is 0 Å². The second-order valence-electron chi connectivity index (χ2n) is 4.97. The highest BCUT2D eigenvalue weighted by Gasteiger charge is 2.08. The zero-order valence-electron chi connectivity index (χ0n) is 10.1. The summed E-state index contributed by atoms with van der Waals surface area (Å²) in [4.78, 5) is 0. The van der Waals surface area contributed by atoms with E-state index in [1.54, 1.807) is 0 Å². The zero-order valence-corrected chi connectivity index (χ0v) is 10.1. The zero-order chi connectivity index (χ0) is 11.3. The maximum Gasteiger partial charge on any atom is 0.0355 e. The first kappa shape index (κ1) is 12.1. The molecule has 2 heteroatoms. The maximum absolute atomic E-state index is 4.00. The summed E-state index contributed by atoms with van der Waals surface area (Å²) in [5.41, 5.74) is 2.33. The summed E-state index contributed by atoms with van der Waals surface area (Å²) in [5, 5.41) is 6.71. The van der Waals surface area contributed by atoms with Crippen molar-refractivity contribution in [3.8, 4) is 0 Å². The van der Waals surface area contributed by atoms with E-state index >= 15 is 0 Å². The molecule has 0 heterocycles. The Labute approximate surface area is 93.1 Å². The number of nitrogens with one attached hydrogen (secondary N) is 2. The second-order valence-corrected chi connectivity index (χ2v) is 4.97. The van der Waals surface area contributed by atoms with Crippen LogP contribution in [-0.4, -0.2) is 12.1 Å². The van der Waals surface area contributed by atoms with Crippen LogP contribution in [0.15, 0.2) is 36.2 Å². The number of rotatable bonds is 4. The topological polar surface area (TPSA) is 24.1 Å². The lowest BCUT2D eigenvalue weighted by Crippen LogP contribution is -2.38. The third-order valence-electron chi connectivity index (χ3n) is 2.15. The largest absolute Gasteiger partial charge is 0.359 e. The molecule has 0 spiro atoms. The molecule has 0 radical (unpaired) electrons. The van der Waals surface area contributed by atoms with Gasteiger partial charge < -0.3 is 10.6 Å². The molecule has 0 atom stereocenters. The molecule has 0 aromatic rings. The standard InChI is InChI=1S/C13H22N2/c1-11(10-14-13(2,3)4)15-12-8-6-5-7-9-12/h6,8-9,14-15H,1,5,7,10H2,2-4H3. The summed E-state index contributed by atoms with van der Waals surface area (Å²) < 4.78 is 0.